The van der Waals surface area contributed by atoms with Crippen molar-refractivity contribution in [2.45, 2.75) is 4.90 Å². The van der Waals surface area contributed by atoms with Crippen molar-refractivity contribution in [2.75, 3.05) is 18.2 Å². The highest BCUT2D eigenvalue weighted by molar-refractivity contribution is 8.00. The van der Waals surface area contributed by atoms with E-state index in [0.717, 1.165) is 10.6 Å². The monoisotopic (exact) mass is 274 g/mol. The van der Waals surface area contributed by atoms with Crippen molar-refractivity contribution in [1.82, 2.24) is 4.98 Å². The van der Waals surface area contributed by atoms with Crippen LogP contribution in [-0.2, 0) is 4.79 Å². The molecule has 0 saturated carbocycles. The van der Waals surface area contributed by atoms with Gasteiger partial charge in [0, 0.05) is 11.1 Å². The summed E-state index contributed by atoms with van der Waals surface area (Å²) in [7, 11) is 1.63. The van der Waals surface area contributed by atoms with E-state index in [4.69, 9.17) is 4.74 Å². The van der Waals surface area contributed by atoms with Gasteiger partial charge in [-0.05, 0) is 36.4 Å². The molecule has 1 aromatic heterocycles. The van der Waals surface area contributed by atoms with Crippen LogP contribution in [0.3, 0.4) is 0 Å². The number of nitrogens with one attached hydrogen (secondary N) is 1. The quantitative estimate of drug-likeness (QED) is 0.852. The first-order valence-electron chi connectivity index (χ1n) is 5.74. The molecule has 1 N–H and O–H groups in total. The third-order valence-electron chi connectivity index (χ3n) is 2.37. The smallest absolute Gasteiger partial charge is 0.234 e. The van der Waals surface area contributed by atoms with Gasteiger partial charge in [-0.1, -0.05) is 0 Å². The largest absolute Gasteiger partial charge is 0.497 e. The molecule has 1 amide bonds. The van der Waals surface area contributed by atoms with E-state index in [1.54, 1.807) is 25.6 Å². The first-order valence-corrected chi connectivity index (χ1v) is 6.73. The minimum absolute atomic E-state index is 0.0474. The van der Waals surface area contributed by atoms with Crippen LogP contribution in [0.4, 0.5) is 5.69 Å². The van der Waals surface area contributed by atoms with Crippen molar-refractivity contribution in [2.24, 2.45) is 0 Å². The van der Waals surface area contributed by atoms with E-state index in [-0.39, 0.29) is 5.91 Å². The van der Waals surface area contributed by atoms with Crippen LogP contribution in [0, 0.1) is 0 Å². The minimum atomic E-state index is -0.0474. The van der Waals surface area contributed by atoms with Crippen LogP contribution in [0.15, 0.2) is 53.7 Å². The van der Waals surface area contributed by atoms with Crippen LogP contribution >= 0.6 is 11.8 Å². The van der Waals surface area contributed by atoms with E-state index in [1.165, 1.54) is 11.8 Å². The van der Waals surface area contributed by atoms with Crippen molar-refractivity contribution in [3.63, 3.8) is 0 Å². The summed E-state index contributed by atoms with van der Waals surface area (Å²) in [4.78, 5) is 16.7. The van der Waals surface area contributed by atoms with E-state index in [2.05, 4.69) is 10.3 Å². The molecule has 19 heavy (non-hydrogen) atoms. The number of amides is 1. The first-order chi connectivity index (χ1) is 9.28. The van der Waals surface area contributed by atoms with E-state index < -0.39 is 0 Å². The Morgan fingerprint density at radius 2 is 2.11 bits per heavy atom. The Balaban J connectivity index is 1.83. The standard InChI is InChI=1S/C14H14N2O2S/c1-18-12-4-6-13(7-5-12)19-10-14(17)16-11-3-2-8-15-9-11/h2-9H,10H2,1H3,(H,16,17). The Labute approximate surface area is 116 Å². The molecule has 0 spiro atoms. The van der Waals surface area contributed by atoms with Gasteiger partial charge in [-0.15, -0.1) is 11.8 Å². The number of carbonyl (C=O) groups excluding carboxylic acids is 1. The summed E-state index contributed by atoms with van der Waals surface area (Å²) in [6.07, 6.45) is 3.29. The van der Waals surface area contributed by atoms with Gasteiger partial charge in [0.2, 0.25) is 5.91 Å². The van der Waals surface area contributed by atoms with Crippen molar-refractivity contribution < 1.29 is 9.53 Å². The van der Waals surface area contributed by atoms with Gasteiger partial charge >= 0.3 is 0 Å². The molecule has 0 bridgehead atoms. The second-order valence-corrected chi connectivity index (χ2v) is 4.80. The summed E-state index contributed by atoms with van der Waals surface area (Å²) in [6.45, 7) is 0. The van der Waals surface area contributed by atoms with E-state index in [1.807, 2.05) is 30.3 Å². The number of ether oxygens (including phenoxy) is 1. The number of nitrogens with zero attached hydrogens (tertiary/aromatic N) is 1. The minimum Gasteiger partial charge on any atom is -0.497 e. The third-order valence-corrected chi connectivity index (χ3v) is 3.39. The molecule has 1 heterocycles. The molecule has 0 fully saturated rings. The van der Waals surface area contributed by atoms with Crippen molar-refractivity contribution in [3.8, 4) is 5.75 Å². The highest BCUT2D eigenvalue weighted by Gasteiger charge is 2.03. The van der Waals surface area contributed by atoms with Gasteiger partial charge in [-0.2, -0.15) is 0 Å². The van der Waals surface area contributed by atoms with E-state index >= 15 is 0 Å². The van der Waals surface area contributed by atoms with Gasteiger partial charge < -0.3 is 10.1 Å². The van der Waals surface area contributed by atoms with Crippen LogP contribution < -0.4 is 10.1 Å². The Bertz CT molecular complexity index is 529. The molecule has 0 atom stereocenters. The fraction of sp³-hybridized carbons (Fsp3) is 0.143. The zero-order valence-corrected chi connectivity index (χ0v) is 11.3. The lowest BCUT2D eigenvalue weighted by Crippen LogP contribution is -2.13. The molecule has 0 aliphatic carbocycles. The lowest BCUT2D eigenvalue weighted by molar-refractivity contribution is -0.113. The summed E-state index contributed by atoms with van der Waals surface area (Å²) >= 11 is 1.48. The van der Waals surface area contributed by atoms with E-state index in [9.17, 15) is 4.79 Å². The molecule has 0 radical (unpaired) electrons. The molecule has 4 nitrogen and oxygen atoms in total. The summed E-state index contributed by atoms with van der Waals surface area (Å²) < 4.78 is 5.08. The topological polar surface area (TPSA) is 51.2 Å². The van der Waals surface area contributed by atoms with Crippen molar-refractivity contribution >= 4 is 23.4 Å². The zero-order valence-electron chi connectivity index (χ0n) is 10.5. The second-order valence-electron chi connectivity index (χ2n) is 3.75. The fourth-order valence-electron chi connectivity index (χ4n) is 1.45. The lowest BCUT2D eigenvalue weighted by Gasteiger charge is -2.05. The Hall–Kier alpha value is -2.01. The van der Waals surface area contributed by atoms with Crippen LogP contribution in [0.25, 0.3) is 0 Å². The van der Waals surface area contributed by atoms with Crippen molar-refractivity contribution in [1.29, 1.82) is 0 Å². The van der Waals surface area contributed by atoms with Gasteiger partial charge in [0.05, 0.1) is 24.7 Å². The molecule has 0 unspecified atom stereocenters. The highest BCUT2D eigenvalue weighted by atomic mass is 32.2. The van der Waals surface area contributed by atoms with Gasteiger partial charge in [-0.25, -0.2) is 0 Å². The van der Waals surface area contributed by atoms with Crippen LogP contribution in [0.5, 0.6) is 5.75 Å². The lowest BCUT2D eigenvalue weighted by atomic mass is 10.3. The molecule has 2 rings (SSSR count). The number of hydrogen-bond acceptors (Lipinski definition) is 4. The number of aromatic nitrogens is 1. The molecule has 0 aliphatic heterocycles. The molecule has 2 aromatic rings. The summed E-state index contributed by atoms with van der Waals surface area (Å²) in [6, 6.07) is 11.2. The predicted molar refractivity (Wildman–Crippen MR) is 76.6 cm³/mol. The first kappa shape index (κ1) is 13.4. The second kappa shape index (κ2) is 6.80. The number of carbonyl (C=O) groups is 1. The maximum Gasteiger partial charge on any atom is 0.234 e. The number of anilines is 1. The summed E-state index contributed by atoms with van der Waals surface area (Å²) in [5.74, 6) is 1.12. The van der Waals surface area contributed by atoms with Crippen LogP contribution in [0.1, 0.15) is 0 Å². The molecular formula is C14H14N2O2S. The number of pyridine rings is 1. The number of rotatable bonds is 5. The molecule has 0 saturated heterocycles. The molecule has 5 heteroatoms. The van der Waals surface area contributed by atoms with Gasteiger partial charge in [0.1, 0.15) is 5.75 Å². The zero-order chi connectivity index (χ0) is 13.5. The number of benzene rings is 1. The predicted octanol–water partition coefficient (Wildman–Crippen LogP) is 2.82. The SMILES string of the molecule is COc1ccc(SCC(=O)Nc2cccnc2)cc1. The normalized spacial score (nSPS) is 9.95. The molecule has 1 aromatic carbocycles. The Kier molecular flexibility index (Phi) is 4.80. The number of methoxy groups -OCH3 is 1. The summed E-state index contributed by atoms with van der Waals surface area (Å²) in [5, 5.41) is 2.79. The highest BCUT2D eigenvalue weighted by Crippen LogP contribution is 2.21. The van der Waals surface area contributed by atoms with Gasteiger partial charge in [0.25, 0.3) is 0 Å². The average Bonchev–Trinajstić information content (AvgIpc) is 2.47. The molecule has 0 aliphatic rings. The molecular weight excluding hydrogens is 260 g/mol. The van der Waals surface area contributed by atoms with Gasteiger partial charge in [-0.3, -0.25) is 9.78 Å². The Morgan fingerprint density at radius 3 is 2.74 bits per heavy atom. The third kappa shape index (κ3) is 4.30. The van der Waals surface area contributed by atoms with E-state index in [0.29, 0.717) is 11.4 Å². The van der Waals surface area contributed by atoms with Crippen LogP contribution in [-0.4, -0.2) is 23.8 Å². The fourth-order valence-corrected chi connectivity index (χ4v) is 2.15. The maximum absolute atomic E-state index is 11.7. The van der Waals surface area contributed by atoms with Crippen molar-refractivity contribution in [3.05, 3.63) is 48.8 Å². The average molecular weight is 274 g/mol. The van der Waals surface area contributed by atoms with Gasteiger partial charge in [0.15, 0.2) is 0 Å². The maximum atomic E-state index is 11.7. The summed E-state index contributed by atoms with van der Waals surface area (Å²) in [5.41, 5.74) is 0.711. The number of thioether (sulfide) groups is 1. The number of hydrogen-bond donors (Lipinski definition) is 1. The van der Waals surface area contributed by atoms with Crippen LogP contribution in [0.2, 0.25) is 0 Å². The Morgan fingerprint density at radius 1 is 1.32 bits per heavy atom. The molecule has 98 valence electrons.